The summed E-state index contributed by atoms with van der Waals surface area (Å²) in [7, 11) is 0. The molecule has 0 aliphatic carbocycles. The number of anilines is 1. The molecule has 0 atom stereocenters. The molecule has 0 bridgehead atoms. The van der Waals surface area contributed by atoms with Crippen LogP contribution < -0.4 is 11.1 Å². The fourth-order valence-electron chi connectivity index (χ4n) is 3.09. The van der Waals surface area contributed by atoms with Gasteiger partial charge in [-0.2, -0.15) is 23.0 Å². The number of benzene rings is 1. The van der Waals surface area contributed by atoms with Gasteiger partial charge in [0.2, 0.25) is 5.91 Å². The molecule has 170 valence electrons. The average molecular weight is 462 g/mol. The van der Waals surface area contributed by atoms with E-state index in [-0.39, 0.29) is 28.4 Å². The molecule has 1 aromatic carbocycles. The molecule has 33 heavy (non-hydrogen) atoms. The number of fused-ring (bicyclic) bond motifs is 1. The van der Waals surface area contributed by atoms with Gasteiger partial charge in [0, 0.05) is 18.3 Å². The molecule has 0 saturated heterocycles. The zero-order valence-electron chi connectivity index (χ0n) is 16.7. The van der Waals surface area contributed by atoms with Crippen LogP contribution >= 0.6 is 0 Å². The molecule has 3 heterocycles. The highest BCUT2D eigenvalue weighted by Gasteiger charge is 2.31. The van der Waals surface area contributed by atoms with Gasteiger partial charge in [-0.05, 0) is 25.1 Å². The Morgan fingerprint density at radius 1 is 1.24 bits per heavy atom. The Hall–Kier alpha value is -4.49. The molecular weight excluding hydrogens is 449 g/mol. The molecule has 0 unspecified atom stereocenters. The van der Waals surface area contributed by atoms with Crippen LogP contribution in [0.15, 0.2) is 51.8 Å². The van der Waals surface area contributed by atoms with Crippen LogP contribution in [0, 0.1) is 17.0 Å². The summed E-state index contributed by atoms with van der Waals surface area (Å²) in [5.74, 6) is -1.42. The minimum atomic E-state index is -4.55. The zero-order valence-corrected chi connectivity index (χ0v) is 16.7. The summed E-state index contributed by atoms with van der Waals surface area (Å²) in [6, 6.07) is 6.93. The summed E-state index contributed by atoms with van der Waals surface area (Å²) in [5.41, 5.74) is -0.652. The molecule has 0 aliphatic heterocycles. The zero-order chi connectivity index (χ0) is 23.9. The number of carbonyl (C=O) groups excluding carboxylic acids is 1. The maximum Gasteiger partial charge on any atom is 0.420 e. The molecule has 4 aromatic rings. The largest absolute Gasteiger partial charge is 0.420 e. The summed E-state index contributed by atoms with van der Waals surface area (Å²) >= 11 is 0. The van der Waals surface area contributed by atoms with Crippen LogP contribution in [0.4, 0.5) is 24.7 Å². The molecular formula is C19H13F3N6O5. The smallest absolute Gasteiger partial charge is 0.407 e. The minimum absolute atomic E-state index is 0.0321. The number of alkyl halides is 3. The van der Waals surface area contributed by atoms with Gasteiger partial charge in [-0.15, -0.1) is 0 Å². The lowest BCUT2D eigenvalue weighted by Gasteiger charge is -2.10. The third-order valence-electron chi connectivity index (χ3n) is 4.56. The fraction of sp³-hybridized carbons (Fsp3) is 0.158. The van der Waals surface area contributed by atoms with Gasteiger partial charge in [0.25, 0.3) is 5.69 Å². The van der Waals surface area contributed by atoms with E-state index >= 15 is 0 Å². The second kappa shape index (κ2) is 7.89. The van der Waals surface area contributed by atoms with Crippen molar-refractivity contribution in [1.29, 1.82) is 0 Å². The van der Waals surface area contributed by atoms with Crippen molar-refractivity contribution in [2.24, 2.45) is 0 Å². The van der Waals surface area contributed by atoms with Crippen molar-refractivity contribution in [2.45, 2.75) is 19.6 Å². The van der Waals surface area contributed by atoms with E-state index in [0.717, 1.165) is 27.4 Å². The van der Waals surface area contributed by atoms with Gasteiger partial charge >= 0.3 is 11.9 Å². The van der Waals surface area contributed by atoms with E-state index in [2.05, 4.69) is 15.4 Å². The van der Waals surface area contributed by atoms with E-state index in [1.54, 1.807) is 6.92 Å². The Labute approximate surface area is 181 Å². The van der Waals surface area contributed by atoms with E-state index in [9.17, 15) is 32.9 Å². The molecule has 0 saturated carbocycles. The number of halogens is 3. The predicted molar refractivity (Wildman–Crippen MR) is 107 cm³/mol. The lowest BCUT2D eigenvalue weighted by molar-refractivity contribution is -0.384. The third-order valence-corrected chi connectivity index (χ3v) is 4.56. The number of oxazole rings is 1. The summed E-state index contributed by atoms with van der Waals surface area (Å²) in [5, 5.41) is 17.5. The first kappa shape index (κ1) is 21.7. The van der Waals surface area contributed by atoms with Gasteiger partial charge in [0.05, 0.1) is 27.8 Å². The second-order valence-corrected chi connectivity index (χ2v) is 6.90. The number of rotatable bonds is 5. The number of nitro groups is 1. The highest BCUT2D eigenvalue weighted by Crippen LogP contribution is 2.29. The van der Waals surface area contributed by atoms with E-state index in [0.29, 0.717) is 11.9 Å². The standard InChI is InChI=1S/C19H13F3N6O5/c1-10-6-16(27(25-10)15-5-2-11(8-23-15)19(20,21)22)24-17(29)9-26-13-4-3-12(28(31)32)7-14(13)33-18(26)30/h2-8H,9H2,1H3,(H,24,29). The lowest BCUT2D eigenvalue weighted by Crippen LogP contribution is -2.25. The Morgan fingerprint density at radius 2 is 2.00 bits per heavy atom. The van der Waals surface area contributed by atoms with E-state index < -0.39 is 34.9 Å². The fourth-order valence-corrected chi connectivity index (χ4v) is 3.09. The van der Waals surface area contributed by atoms with Crippen LogP contribution in [0.5, 0.6) is 0 Å². The Morgan fingerprint density at radius 3 is 2.64 bits per heavy atom. The molecule has 1 amide bonds. The second-order valence-electron chi connectivity index (χ2n) is 6.90. The first-order chi connectivity index (χ1) is 15.5. The van der Waals surface area contributed by atoms with Crippen molar-refractivity contribution >= 4 is 28.5 Å². The molecule has 0 radical (unpaired) electrons. The van der Waals surface area contributed by atoms with E-state index in [1.807, 2.05) is 0 Å². The first-order valence-corrected chi connectivity index (χ1v) is 9.21. The van der Waals surface area contributed by atoms with Gasteiger partial charge in [-0.1, -0.05) is 0 Å². The molecule has 4 rings (SSSR count). The summed E-state index contributed by atoms with van der Waals surface area (Å²) in [6.45, 7) is 1.12. The molecule has 1 N–H and O–H groups in total. The van der Waals surface area contributed by atoms with Crippen molar-refractivity contribution in [3.63, 3.8) is 0 Å². The minimum Gasteiger partial charge on any atom is -0.407 e. The maximum atomic E-state index is 12.8. The van der Waals surface area contributed by atoms with Gasteiger partial charge in [0.1, 0.15) is 12.4 Å². The monoisotopic (exact) mass is 462 g/mol. The summed E-state index contributed by atoms with van der Waals surface area (Å²) in [6.07, 6.45) is -3.90. The number of amides is 1. The Balaban J connectivity index is 1.59. The SMILES string of the molecule is Cc1cc(NC(=O)Cn2c(=O)oc3cc([N+](=O)[O-])ccc32)n(-c2ccc(C(F)(F)F)cn2)n1. The first-order valence-electron chi connectivity index (χ1n) is 9.21. The number of nitro benzene ring substituents is 1. The van der Waals surface area contributed by atoms with E-state index in [4.69, 9.17) is 4.42 Å². The number of aryl methyl sites for hydroxylation is 1. The highest BCUT2D eigenvalue weighted by molar-refractivity contribution is 5.91. The Bertz CT molecular complexity index is 1440. The van der Waals surface area contributed by atoms with Crippen molar-refractivity contribution < 1.29 is 27.3 Å². The van der Waals surface area contributed by atoms with Crippen molar-refractivity contribution in [3.8, 4) is 5.82 Å². The number of pyridine rings is 1. The normalized spacial score (nSPS) is 11.6. The molecule has 0 spiro atoms. The van der Waals surface area contributed by atoms with Gasteiger partial charge in [-0.3, -0.25) is 19.5 Å². The molecule has 0 aliphatic rings. The number of hydrogen-bond acceptors (Lipinski definition) is 7. The topological polar surface area (TPSA) is 138 Å². The molecule has 0 fully saturated rings. The molecule has 11 nitrogen and oxygen atoms in total. The summed E-state index contributed by atoms with van der Waals surface area (Å²) in [4.78, 5) is 38.7. The number of nitrogens with zero attached hydrogens (tertiary/aromatic N) is 5. The van der Waals surface area contributed by atoms with Crippen LogP contribution in [0.3, 0.4) is 0 Å². The van der Waals surface area contributed by atoms with Crippen LogP contribution in [0.25, 0.3) is 16.9 Å². The van der Waals surface area contributed by atoms with Crippen LogP contribution in [-0.4, -0.2) is 30.2 Å². The lowest BCUT2D eigenvalue weighted by atomic mass is 10.3. The predicted octanol–water partition coefficient (Wildman–Crippen LogP) is 3.05. The van der Waals surface area contributed by atoms with Gasteiger partial charge in [0.15, 0.2) is 11.4 Å². The van der Waals surface area contributed by atoms with Crippen molar-refractivity contribution in [3.05, 3.63) is 74.5 Å². The average Bonchev–Trinajstić information content (AvgIpc) is 3.26. The van der Waals surface area contributed by atoms with E-state index in [1.165, 1.54) is 18.2 Å². The Kier molecular flexibility index (Phi) is 5.19. The van der Waals surface area contributed by atoms with Gasteiger partial charge in [-0.25, -0.2) is 9.78 Å². The molecule has 3 aromatic heterocycles. The van der Waals surface area contributed by atoms with Crippen molar-refractivity contribution in [2.75, 3.05) is 5.32 Å². The number of non-ortho nitro benzene ring substituents is 1. The number of hydrogen-bond donors (Lipinski definition) is 1. The van der Waals surface area contributed by atoms with Crippen molar-refractivity contribution in [1.82, 2.24) is 19.3 Å². The van der Waals surface area contributed by atoms with Gasteiger partial charge < -0.3 is 9.73 Å². The summed E-state index contributed by atoms with van der Waals surface area (Å²) < 4.78 is 45.4. The molecule has 14 heteroatoms. The number of carbonyl (C=O) groups is 1. The number of aromatic nitrogens is 4. The maximum absolute atomic E-state index is 12.8. The number of nitrogens with one attached hydrogen (secondary N) is 1. The van der Waals surface area contributed by atoms with Crippen LogP contribution in [-0.2, 0) is 17.5 Å². The highest BCUT2D eigenvalue weighted by atomic mass is 19.4. The van der Waals surface area contributed by atoms with Crippen LogP contribution in [0.1, 0.15) is 11.3 Å². The quantitative estimate of drug-likeness (QED) is 0.355. The third kappa shape index (κ3) is 4.30. The van der Waals surface area contributed by atoms with Crippen LogP contribution in [0.2, 0.25) is 0 Å².